The zero-order valence-electron chi connectivity index (χ0n) is 11.9. The molecule has 5 heteroatoms. The molecule has 19 heavy (non-hydrogen) atoms. The molecule has 3 rings (SSSR count). The van der Waals surface area contributed by atoms with Crippen molar-refractivity contribution in [3.8, 4) is 0 Å². The molecule has 2 fully saturated rings. The van der Waals surface area contributed by atoms with E-state index in [4.69, 9.17) is 0 Å². The van der Waals surface area contributed by atoms with E-state index in [1.807, 2.05) is 0 Å². The summed E-state index contributed by atoms with van der Waals surface area (Å²) in [5.74, 6) is 4.18. The van der Waals surface area contributed by atoms with Gasteiger partial charge in [0.15, 0.2) is 0 Å². The third kappa shape index (κ3) is 2.97. The normalized spacial score (nSPS) is 27.1. The minimum absolute atomic E-state index is 0.658. The molecule has 2 aliphatic rings. The molecule has 0 spiro atoms. The van der Waals surface area contributed by atoms with Gasteiger partial charge in [-0.2, -0.15) is 11.8 Å². The molecule has 0 aromatic carbocycles. The van der Waals surface area contributed by atoms with E-state index in [1.54, 1.807) is 0 Å². The van der Waals surface area contributed by atoms with E-state index >= 15 is 0 Å². The molecule has 106 valence electrons. The van der Waals surface area contributed by atoms with Gasteiger partial charge in [0.2, 0.25) is 0 Å². The second-order valence-electron chi connectivity index (χ2n) is 5.72. The minimum atomic E-state index is 0.658. The Labute approximate surface area is 119 Å². The first-order chi connectivity index (χ1) is 9.29. The predicted molar refractivity (Wildman–Crippen MR) is 79.4 cm³/mol. The maximum absolute atomic E-state index is 4.35. The summed E-state index contributed by atoms with van der Waals surface area (Å²) < 4.78 is 2.20. The van der Waals surface area contributed by atoms with E-state index in [0.717, 1.165) is 17.6 Å². The van der Waals surface area contributed by atoms with Crippen LogP contribution in [0.5, 0.6) is 0 Å². The van der Waals surface area contributed by atoms with Crippen LogP contribution in [0.25, 0.3) is 0 Å². The number of nitrogens with zero attached hydrogens (tertiary/aromatic N) is 3. The molecule has 2 atom stereocenters. The van der Waals surface area contributed by atoms with Crippen LogP contribution < -0.4 is 5.32 Å². The molecule has 1 heterocycles. The molecule has 0 aliphatic heterocycles. The van der Waals surface area contributed by atoms with E-state index in [2.05, 4.69) is 45.8 Å². The highest BCUT2D eigenvalue weighted by Crippen LogP contribution is 2.38. The van der Waals surface area contributed by atoms with Crippen molar-refractivity contribution in [2.24, 2.45) is 7.05 Å². The summed E-state index contributed by atoms with van der Waals surface area (Å²) in [6.45, 7) is 3.12. The van der Waals surface area contributed by atoms with Gasteiger partial charge in [-0.25, -0.2) is 0 Å². The first kappa shape index (κ1) is 13.4. The van der Waals surface area contributed by atoms with Crippen LogP contribution in [0.15, 0.2) is 0 Å². The molecule has 1 aromatic rings. The van der Waals surface area contributed by atoms with Gasteiger partial charge in [-0.15, -0.1) is 10.2 Å². The molecule has 4 nitrogen and oxygen atoms in total. The van der Waals surface area contributed by atoms with E-state index < -0.39 is 0 Å². The van der Waals surface area contributed by atoms with Crippen molar-refractivity contribution in [3.05, 3.63) is 11.6 Å². The van der Waals surface area contributed by atoms with Gasteiger partial charge >= 0.3 is 0 Å². The number of hydrogen-bond acceptors (Lipinski definition) is 4. The van der Waals surface area contributed by atoms with Crippen molar-refractivity contribution >= 4 is 11.8 Å². The van der Waals surface area contributed by atoms with Crippen LogP contribution in [-0.4, -0.2) is 31.8 Å². The van der Waals surface area contributed by atoms with Crippen molar-refractivity contribution in [2.45, 2.75) is 62.8 Å². The topological polar surface area (TPSA) is 42.7 Å². The molecule has 0 radical (unpaired) electrons. The van der Waals surface area contributed by atoms with Crippen molar-refractivity contribution in [2.75, 3.05) is 5.75 Å². The summed E-state index contributed by atoms with van der Waals surface area (Å²) in [5.41, 5.74) is 0. The Hall–Kier alpha value is -0.550. The first-order valence-electron chi connectivity index (χ1n) is 7.52. The fourth-order valence-corrected chi connectivity index (χ4v) is 4.25. The van der Waals surface area contributed by atoms with E-state index in [-0.39, 0.29) is 0 Å². The van der Waals surface area contributed by atoms with Crippen LogP contribution in [0.4, 0.5) is 0 Å². The molecule has 0 amide bonds. The lowest BCUT2D eigenvalue weighted by atomic mass is 10.2. The van der Waals surface area contributed by atoms with Crippen molar-refractivity contribution < 1.29 is 0 Å². The number of nitrogens with one attached hydrogen (secondary N) is 1. The highest BCUT2D eigenvalue weighted by molar-refractivity contribution is 7.99. The third-order valence-electron chi connectivity index (χ3n) is 4.30. The highest BCUT2D eigenvalue weighted by atomic mass is 32.2. The lowest BCUT2D eigenvalue weighted by molar-refractivity contribution is 0.512. The van der Waals surface area contributed by atoms with Gasteiger partial charge in [0.25, 0.3) is 0 Å². The van der Waals surface area contributed by atoms with Crippen LogP contribution in [0.3, 0.4) is 0 Å². The Kier molecular flexibility index (Phi) is 4.12. The van der Waals surface area contributed by atoms with E-state index in [1.165, 1.54) is 43.7 Å². The second-order valence-corrected chi connectivity index (χ2v) is 7.24. The third-order valence-corrected chi connectivity index (χ3v) is 5.62. The molecule has 1 aromatic heterocycles. The van der Waals surface area contributed by atoms with Crippen LogP contribution in [0, 0.1) is 0 Å². The molecule has 0 saturated heterocycles. The molecular weight excluding hydrogens is 256 g/mol. The van der Waals surface area contributed by atoms with E-state index in [9.17, 15) is 0 Å². The van der Waals surface area contributed by atoms with Crippen LogP contribution in [0.2, 0.25) is 0 Å². The number of thioether (sulfide) groups is 1. The largest absolute Gasteiger partial charge is 0.317 e. The SMILES string of the molecule is CCS[C@H]1CCC[C@H]1NCc1nnc(C2CC2)n1C. The predicted octanol–water partition coefficient (Wildman–Crippen LogP) is 2.46. The minimum Gasteiger partial charge on any atom is -0.317 e. The smallest absolute Gasteiger partial charge is 0.146 e. The first-order valence-corrected chi connectivity index (χ1v) is 8.57. The van der Waals surface area contributed by atoms with Gasteiger partial charge in [-0.1, -0.05) is 13.3 Å². The van der Waals surface area contributed by atoms with Gasteiger partial charge in [-0.3, -0.25) is 0 Å². The summed E-state index contributed by atoms with van der Waals surface area (Å²) >= 11 is 2.10. The Morgan fingerprint density at radius 2 is 2.11 bits per heavy atom. The number of hydrogen-bond donors (Lipinski definition) is 1. The zero-order valence-corrected chi connectivity index (χ0v) is 12.7. The average Bonchev–Trinajstić information content (AvgIpc) is 3.05. The summed E-state index contributed by atoms with van der Waals surface area (Å²) in [7, 11) is 2.11. The van der Waals surface area contributed by atoms with Gasteiger partial charge < -0.3 is 9.88 Å². The lowest BCUT2D eigenvalue weighted by Gasteiger charge is -2.19. The van der Waals surface area contributed by atoms with Crippen LogP contribution in [-0.2, 0) is 13.6 Å². The zero-order chi connectivity index (χ0) is 13.2. The fourth-order valence-electron chi connectivity index (χ4n) is 3.02. The van der Waals surface area contributed by atoms with Gasteiger partial charge in [0.1, 0.15) is 11.6 Å². The average molecular weight is 280 g/mol. The molecule has 2 saturated carbocycles. The maximum Gasteiger partial charge on any atom is 0.146 e. The highest BCUT2D eigenvalue weighted by Gasteiger charge is 2.30. The molecule has 2 aliphatic carbocycles. The Morgan fingerprint density at radius 3 is 2.84 bits per heavy atom. The van der Waals surface area contributed by atoms with Crippen molar-refractivity contribution in [3.63, 3.8) is 0 Å². The van der Waals surface area contributed by atoms with Crippen molar-refractivity contribution in [1.29, 1.82) is 0 Å². The van der Waals surface area contributed by atoms with Crippen LogP contribution in [0.1, 0.15) is 56.6 Å². The number of rotatable bonds is 6. The molecular formula is C14H24N4S. The molecule has 0 bridgehead atoms. The van der Waals surface area contributed by atoms with Crippen LogP contribution >= 0.6 is 11.8 Å². The Balaban J connectivity index is 1.56. The Morgan fingerprint density at radius 1 is 1.26 bits per heavy atom. The molecule has 1 N–H and O–H groups in total. The standard InChI is InChI=1S/C14H24N4S/c1-3-19-12-6-4-5-11(12)15-9-13-16-17-14(18(13)2)10-7-8-10/h10-12,15H,3-9H2,1-2H3/t11-,12+/m1/s1. The second kappa shape index (κ2) is 5.83. The fraction of sp³-hybridized carbons (Fsp3) is 0.857. The summed E-state index contributed by atoms with van der Waals surface area (Å²) in [5, 5.41) is 13.2. The summed E-state index contributed by atoms with van der Waals surface area (Å²) in [6.07, 6.45) is 6.61. The Bertz CT molecular complexity index is 427. The monoisotopic (exact) mass is 280 g/mol. The molecule has 0 unspecified atom stereocenters. The van der Waals surface area contributed by atoms with Gasteiger partial charge in [0, 0.05) is 24.3 Å². The lowest BCUT2D eigenvalue weighted by Crippen LogP contribution is -2.34. The number of aromatic nitrogens is 3. The van der Waals surface area contributed by atoms with Gasteiger partial charge in [-0.05, 0) is 31.4 Å². The summed E-state index contributed by atoms with van der Waals surface area (Å²) in [4.78, 5) is 0. The van der Waals surface area contributed by atoms with E-state index in [0.29, 0.717) is 12.0 Å². The summed E-state index contributed by atoms with van der Waals surface area (Å²) in [6, 6.07) is 0.658. The van der Waals surface area contributed by atoms with Crippen molar-refractivity contribution in [1.82, 2.24) is 20.1 Å². The van der Waals surface area contributed by atoms with Gasteiger partial charge in [0.05, 0.1) is 6.54 Å². The maximum atomic E-state index is 4.35. The quantitative estimate of drug-likeness (QED) is 0.869.